The molecular formula is C17H36O7Si2. The first-order chi connectivity index (χ1) is 12.4. The summed E-state index contributed by atoms with van der Waals surface area (Å²) in [7, 11) is -5.89. The van der Waals surface area contributed by atoms with Crippen molar-refractivity contribution < 1.29 is 31.7 Å². The molecule has 1 atom stereocenters. The summed E-state index contributed by atoms with van der Waals surface area (Å²) in [5.41, 5.74) is 0. The highest BCUT2D eigenvalue weighted by atomic mass is 28.4. The summed E-state index contributed by atoms with van der Waals surface area (Å²) in [6, 6.07) is 0.470. The third kappa shape index (κ3) is 7.22. The van der Waals surface area contributed by atoms with Gasteiger partial charge in [-0.3, -0.25) is 0 Å². The van der Waals surface area contributed by atoms with Crippen molar-refractivity contribution in [1.29, 1.82) is 0 Å². The normalized spacial score (nSPS) is 13.5. The monoisotopic (exact) mass is 408 g/mol. The fourth-order valence-corrected chi connectivity index (χ4v) is 11.6. The molecule has 0 amide bonds. The molecule has 0 aliphatic heterocycles. The van der Waals surface area contributed by atoms with Crippen molar-refractivity contribution in [2.45, 2.75) is 52.8 Å². The van der Waals surface area contributed by atoms with E-state index in [9.17, 15) is 4.79 Å². The molecular weight excluding hydrogens is 372 g/mol. The molecule has 0 spiro atoms. The molecule has 1 unspecified atom stereocenters. The Hall–Kier alpha value is -0.556. The minimum atomic E-state index is -3.04. The van der Waals surface area contributed by atoms with Crippen LogP contribution in [0.5, 0.6) is 0 Å². The lowest BCUT2D eigenvalue weighted by atomic mass is 10.6. The van der Waals surface area contributed by atoms with E-state index < -0.39 is 23.3 Å². The Morgan fingerprint density at radius 2 is 1.31 bits per heavy atom. The van der Waals surface area contributed by atoms with Crippen LogP contribution in [-0.4, -0.2) is 63.0 Å². The van der Waals surface area contributed by atoms with Crippen LogP contribution in [0, 0.1) is 0 Å². The lowest BCUT2D eigenvalue weighted by molar-refractivity contribution is -0.137. The number of rotatable bonds is 16. The topological polar surface area (TPSA) is 72.5 Å². The van der Waals surface area contributed by atoms with Crippen LogP contribution in [0.4, 0.5) is 0 Å². The molecule has 0 radical (unpaired) electrons. The predicted octanol–water partition coefficient (Wildman–Crippen LogP) is 3.21. The van der Waals surface area contributed by atoms with Gasteiger partial charge in [0.05, 0.1) is 11.8 Å². The maximum Gasteiger partial charge on any atom is 0.505 e. The SMILES string of the molecule is C=CC(=O)OCC[Si](OCC)(OCC)C(C)[Si](OCC)(OCC)OCC. The maximum absolute atomic E-state index is 11.4. The molecule has 0 aliphatic carbocycles. The summed E-state index contributed by atoms with van der Waals surface area (Å²) in [6.45, 7) is 17.6. The first-order valence-corrected chi connectivity index (χ1v) is 13.3. The Kier molecular flexibility index (Phi) is 13.3. The van der Waals surface area contributed by atoms with Gasteiger partial charge in [-0.25, -0.2) is 4.79 Å². The number of hydrogen-bond acceptors (Lipinski definition) is 7. The lowest BCUT2D eigenvalue weighted by Crippen LogP contribution is -2.62. The third-order valence-electron chi connectivity index (χ3n) is 3.87. The molecule has 9 heteroatoms. The Bertz CT molecular complexity index is 384. The predicted molar refractivity (Wildman–Crippen MR) is 105 cm³/mol. The molecule has 154 valence electrons. The van der Waals surface area contributed by atoms with Crippen LogP contribution in [0.1, 0.15) is 41.5 Å². The average molecular weight is 409 g/mol. The maximum atomic E-state index is 11.4. The second kappa shape index (κ2) is 13.6. The van der Waals surface area contributed by atoms with Gasteiger partial charge in [0.2, 0.25) is 0 Å². The van der Waals surface area contributed by atoms with Crippen LogP contribution in [-0.2, 0) is 31.7 Å². The van der Waals surface area contributed by atoms with Crippen LogP contribution in [0.2, 0.25) is 11.2 Å². The Labute approximate surface area is 160 Å². The van der Waals surface area contributed by atoms with Crippen LogP contribution >= 0.6 is 0 Å². The first kappa shape index (κ1) is 25.4. The van der Waals surface area contributed by atoms with E-state index in [1.54, 1.807) is 0 Å². The average Bonchev–Trinajstić information content (AvgIpc) is 2.61. The fraction of sp³-hybridized carbons (Fsp3) is 0.824. The highest BCUT2D eigenvalue weighted by Crippen LogP contribution is 2.38. The minimum Gasteiger partial charge on any atom is -0.463 e. The smallest absolute Gasteiger partial charge is 0.463 e. The quantitative estimate of drug-likeness (QED) is 0.221. The van der Waals surface area contributed by atoms with Gasteiger partial charge in [0.25, 0.3) is 0 Å². The molecule has 26 heavy (non-hydrogen) atoms. The van der Waals surface area contributed by atoms with Gasteiger partial charge in [-0.15, -0.1) is 0 Å². The molecule has 0 N–H and O–H groups in total. The standard InChI is InChI=1S/C17H36O7Si2/c1-8-17(18)19-14-15-25(20-9-2,21-10-3)16(7)26(22-11-4,23-12-5)24-13-6/h8,16H,1,9-15H2,2-7H3. The van der Waals surface area contributed by atoms with Gasteiger partial charge in [-0.2, -0.15) is 0 Å². The second-order valence-corrected chi connectivity index (χ2v) is 12.5. The van der Waals surface area contributed by atoms with E-state index in [-0.39, 0.29) is 11.8 Å². The van der Waals surface area contributed by atoms with Crippen LogP contribution in [0.25, 0.3) is 0 Å². The largest absolute Gasteiger partial charge is 0.505 e. The zero-order valence-electron chi connectivity index (χ0n) is 17.2. The summed E-state index contributed by atoms with van der Waals surface area (Å²) in [5, 5.41) is -0.183. The highest BCUT2D eigenvalue weighted by molar-refractivity contribution is 6.85. The van der Waals surface area contributed by atoms with E-state index in [0.717, 1.165) is 6.08 Å². The Balaban J connectivity index is 5.74. The van der Waals surface area contributed by atoms with Crippen molar-refractivity contribution in [3.8, 4) is 0 Å². The van der Waals surface area contributed by atoms with E-state index in [1.807, 2.05) is 41.5 Å². The lowest BCUT2D eigenvalue weighted by Gasteiger charge is -2.42. The van der Waals surface area contributed by atoms with Gasteiger partial charge in [0.15, 0.2) is 0 Å². The summed E-state index contributed by atoms with van der Waals surface area (Å²) >= 11 is 0. The molecule has 0 aromatic heterocycles. The summed E-state index contributed by atoms with van der Waals surface area (Å²) < 4.78 is 35.8. The Morgan fingerprint density at radius 3 is 1.65 bits per heavy atom. The minimum absolute atomic E-state index is 0.183. The first-order valence-electron chi connectivity index (χ1n) is 9.40. The van der Waals surface area contributed by atoms with Crippen molar-refractivity contribution in [1.82, 2.24) is 0 Å². The second-order valence-electron chi connectivity index (χ2n) is 5.42. The van der Waals surface area contributed by atoms with Gasteiger partial charge in [-0.05, 0) is 34.6 Å². The van der Waals surface area contributed by atoms with E-state index in [1.165, 1.54) is 0 Å². The molecule has 0 aromatic carbocycles. The van der Waals surface area contributed by atoms with Crippen LogP contribution in [0.15, 0.2) is 12.7 Å². The van der Waals surface area contributed by atoms with Crippen molar-refractivity contribution in [2.75, 3.05) is 39.6 Å². The third-order valence-corrected chi connectivity index (χ3v) is 13.2. The highest BCUT2D eigenvalue weighted by Gasteiger charge is 2.60. The molecule has 0 fully saturated rings. The number of esters is 1. The zero-order valence-corrected chi connectivity index (χ0v) is 19.2. The molecule has 0 rings (SSSR count). The van der Waals surface area contributed by atoms with Crippen LogP contribution in [0.3, 0.4) is 0 Å². The van der Waals surface area contributed by atoms with Gasteiger partial charge in [0.1, 0.15) is 0 Å². The fourth-order valence-electron chi connectivity index (χ4n) is 2.87. The van der Waals surface area contributed by atoms with Gasteiger partial charge >= 0.3 is 23.3 Å². The number of carbonyl (C=O) groups is 1. The van der Waals surface area contributed by atoms with E-state index in [0.29, 0.717) is 39.1 Å². The van der Waals surface area contributed by atoms with Crippen molar-refractivity contribution in [3.05, 3.63) is 12.7 Å². The number of ether oxygens (including phenoxy) is 1. The molecule has 0 aromatic rings. The van der Waals surface area contributed by atoms with Gasteiger partial charge < -0.3 is 26.9 Å². The molecule has 0 saturated carbocycles. The summed E-state index contributed by atoms with van der Waals surface area (Å²) in [5.74, 6) is -0.462. The van der Waals surface area contributed by atoms with E-state index in [4.69, 9.17) is 26.9 Å². The van der Waals surface area contributed by atoms with Crippen molar-refractivity contribution in [3.63, 3.8) is 0 Å². The number of carbonyl (C=O) groups excluding carboxylic acids is 1. The van der Waals surface area contributed by atoms with E-state index in [2.05, 4.69) is 6.58 Å². The van der Waals surface area contributed by atoms with E-state index >= 15 is 0 Å². The molecule has 0 saturated heterocycles. The molecule has 7 nitrogen and oxygen atoms in total. The van der Waals surface area contributed by atoms with Crippen LogP contribution < -0.4 is 0 Å². The van der Waals surface area contributed by atoms with Crippen molar-refractivity contribution in [2.24, 2.45) is 0 Å². The zero-order chi connectivity index (χ0) is 20.1. The number of hydrogen-bond donors (Lipinski definition) is 0. The summed E-state index contributed by atoms with van der Waals surface area (Å²) in [6.07, 6.45) is 1.15. The summed E-state index contributed by atoms with van der Waals surface area (Å²) in [4.78, 5) is 11.4. The van der Waals surface area contributed by atoms with Crippen molar-refractivity contribution >= 4 is 23.3 Å². The molecule has 0 aliphatic rings. The molecule has 0 bridgehead atoms. The van der Waals surface area contributed by atoms with Gasteiger partial charge in [0, 0.05) is 45.2 Å². The molecule has 0 heterocycles. The van der Waals surface area contributed by atoms with Gasteiger partial charge in [-0.1, -0.05) is 13.5 Å². The Morgan fingerprint density at radius 1 is 0.885 bits per heavy atom.